The highest BCUT2D eigenvalue weighted by Gasteiger charge is 2.11. The monoisotopic (exact) mass is 508 g/mol. The third kappa shape index (κ3) is 7.44. The van der Waals surface area contributed by atoms with E-state index in [2.05, 4.69) is 21.6 Å². The first-order chi connectivity index (χ1) is 18.0. The van der Waals surface area contributed by atoms with Crippen molar-refractivity contribution in [2.45, 2.75) is 58.5 Å². The summed E-state index contributed by atoms with van der Waals surface area (Å²) < 4.78 is 50.0. The Kier molecular flexibility index (Phi) is 9.35. The van der Waals surface area contributed by atoms with Gasteiger partial charge in [-0.25, -0.2) is 14.4 Å². The minimum absolute atomic E-state index is 0.107. The van der Waals surface area contributed by atoms with Crippen molar-refractivity contribution in [1.29, 1.82) is 0 Å². The summed E-state index contributed by atoms with van der Waals surface area (Å²) in [6, 6.07) is 15.6. The lowest BCUT2D eigenvalue weighted by Crippen LogP contribution is -2.02. The number of benzene rings is 3. The predicted molar refractivity (Wildman–Crippen MR) is 140 cm³/mol. The number of hydrogen-bond acceptors (Lipinski definition) is 4. The summed E-state index contributed by atoms with van der Waals surface area (Å²) in [7, 11) is 0. The second-order valence-electron chi connectivity index (χ2n) is 9.00. The summed E-state index contributed by atoms with van der Waals surface area (Å²) in [6.07, 6.45) is 10.3. The molecule has 0 saturated carbocycles. The molecule has 0 N–H and O–H groups in total. The molecule has 0 unspecified atom stereocenters. The average Bonchev–Trinajstić information content (AvgIpc) is 2.91. The van der Waals surface area contributed by atoms with E-state index in [0.717, 1.165) is 29.4 Å². The van der Waals surface area contributed by atoms with Gasteiger partial charge >= 0.3 is 6.61 Å². The molecule has 0 aliphatic heterocycles. The molecule has 0 saturated heterocycles. The van der Waals surface area contributed by atoms with E-state index in [9.17, 15) is 8.78 Å². The fourth-order valence-electron chi connectivity index (χ4n) is 4.22. The van der Waals surface area contributed by atoms with Crippen LogP contribution >= 0.6 is 0 Å². The highest BCUT2D eigenvalue weighted by atomic mass is 19.3. The fraction of sp³-hybridized carbons (Fsp3) is 0.333. The van der Waals surface area contributed by atoms with Crippen LogP contribution in [0.2, 0.25) is 0 Å². The first kappa shape index (κ1) is 26.5. The Bertz CT molecular complexity index is 1280. The maximum absolute atomic E-state index is 15.2. The summed E-state index contributed by atoms with van der Waals surface area (Å²) in [5, 5.41) is 1.30. The number of hydrogen-bond donors (Lipinski definition) is 0. The van der Waals surface area contributed by atoms with E-state index in [4.69, 9.17) is 4.74 Å². The van der Waals surface area contributed by atoms with Gasteiger partial charge in [0.2, 0.25) is 0 Å². The predicted octanol–water partition coefficient (Wildman–Crippen LogP) is 8.17. The van der Waals surface area contributed by atoms with Gasteiger partial charge in [-0.05, 0) is 54.0 Å². The van der Waals surface area contributed by atoms with Crippen LogP contribution in [0.25, 0.3) is 22.2 Å². The molecule has 1 aromatic heterocycles. The zero-order chi connectivity index (χ0) is 26.0. The molecule has 3 aromatic carbocycles. The van der Waals surface area contributed by atoms with Gasteiger partial charge in [-0.15, -0.1) is 0 Å². The van der Waals surface area contributed by atoms with Crippen LogP contribution in [0.4, 0.5) is 13.2 Å². The van der Waals surface area contributed by atoms with Crippen molar-refractivity contribution >= 4 is 10.8 Å². The summed E-state index contributed by atoms with van der Waals surface area (Å²) in [6.45, 7) is -0.00172. The van der Waals surface area contributed by atoms with Crippen molar-refractivity contribution < 1.29 is 22.6 Å². The molecule has 4 nitrogen and oxygen atoms in total. The molecule has 1 heterocycles. The number of ether oxygens (including phenoxy) is 2. The van der Waals surface area contributed by atoms with Crippen LogP contribution in [0.15, 0.2) is 67.0 Å². The van der Waals surface area contributed by atoms with Crippen molar-refractivity contribution in [3.05, 3.63) is 83.9 Å². The molecule has 0 spiro atoms. The van der Waals surface area contributed by atoms with E-state index < -0.39 is 6.61 Å². The molecular weight excluding hydrogens is 477 g/mol. The van der Waals surface area contributed by atoms with Gasteiger partial charge in [0.05, 0.1) is 19.0 Å². The van der Waals surface area contributed by atoms with Crippen molar-refractivity contribution in [2.24, 2.45) is 0 Å². The number of rotatable bonds is 13. The minimum Gasteiger partial charge on any atom is -0.490 e. The van der Waals surface area contributed by atoms with Gasteiger partial charge in [-0.2, -0.15) is 8.78 Å². The van der Waals surface area contributed by atoms with Crippen LogP contribution in [0, 0.1) is 5.82 Å². The average molecular weight is 509 g/mol. The van der Waals surface area contributed by atoms with Gasteiger partial charge in [-0.1, -0.05) is 69.0 Å². The van der Waals surface area contributed by atoms with Gasteiger partial charge in [0, 0.05) is 10.9 Å². The molecular formula is C30H31F3N2O2. The second kappa shape index (κ2) is 13.1. The molecule has 4 rings (SSSR count). The smallest absolute Gasteiger partial charge is 0.387 e. The molecule has 0 bridgehead atoms. The lowest BCUT2D eigenvalue weighted by molar-refractivity contribution is -0.0498. The Morgan fingerprint density at radius 3 is 2.30 bits per heavy atom. The lowest BCUT2D eigenvalue weighted by atomic mass is 9.99. The maximum atomic E-state index is 15.2. The zero-order valence-electron chi connectivity index (χ0n) is 20.9. The Labute approximate surface area is 215 Å². The highest BCUT2D eigenvalue weighted by Crippen LogP contribution is 2.27. The van der Waals surface area contributed by atoms with Crippen molar-refractivity contribution in [3.8, 4) is 22.9 Å². The third-order valence-electron chi connectivity index (χ3n) is 6.27. The first-order valence-corrected chi connectivity index (χ1v) is 12.7. The van der Waals surface area contributed by atoms with Gasteiger partial charge in [0.25, 0.3) is 0 Å². The van der Waals surface area contributed by atoms with Crippen molar-refractivity contribution in [3.63, 3.8) is 0 Å². The molecule has 0 fully saturated rings. The van der Waals surface area contributed by atoms with Gasteiger partial charge in [0.15, 0.2) is 11.6 Å². The summed E-state index contributed by atoms with van der Waals surface area (Å²) in [5.74, 6) is 1.05. The standard InChI is InChI=1S/C30H31F3N2O2/c1-2-3-4-5-6-17-36-26-19-34-29(35-20-26)24-13-16-27-23(18-24)12-11-22(28(27)31)10-7-21-8-14-25(15-9-21)37-30(32)33/h8-9,11-16,18-20,30H,2-7,10,17H2,1H3. The lowest BCUT2D eigenvalue weighted by Gasteiger charge is -2.10. The van der Waals surface area contributed by atoms with E-state index >= 15 is 4.39 Å². The molecule has 0 aliphatic carbocycles. The minimum atomic E-state index is -2.85. The number of alkyl halides is 2. The van der Waals surface area contributed by atoms with Crippen LogP contribution in [-0.4, -0.2) is 23.2 Å². The Morgan fingerprint density at radius 1 is 0.811 bits per heavy atom. The number of fused-ring (bicyclic) bond motifs is 1. The molecule has 0 atom stereocenters. The molecule has 37 heavy (non-hydrogen) atoms. The molecule has 4 aromatic rings. The highest BCUT2D eigenvalue weighted by molar-refractivity contribution is 5.87. The third-order valence-corrected chi connectivity index (χ3v) is 6.27. The Balaban J connectivity index is 1.37. The summed E-state index contributed by atoms with van der Waals surface area (Å²) in [4.78, 5) is 8.86. The molecule has 194 valence electrons. The van der Waals surface area contributed by atoms with Crippen LogP contribution in [-0.2, 0) is 12.8 Å². The second-order valence-corrected chi connectivity index (χ2v) is 9.00. The number of aromatic nitrogens is 2. The first-order valence-electron chi connectivity index (χ1n) is 12.7. The zero-order valence-corrected chi connectivity index (χ0v) is 20.9. The molecule has 0 amide bonds. The fourth-order valence-corrected chi connectivity index (χ4v) is 4.22. The Morgan fingerprint density at radius 2 is 1.57 bits per heavy atom. The van der Waals surface area contributed by atoms with Crippen LogP contribution < -0.4 is 9.47 Å². The summed E-state index contributed by atoms with van der Waals surface area (Å²) >= 11 is 0. The summed E-state index contributed by atoms with van der Waals surface area (Å²) in [5.41, 5.74) is 2.31. The van der Waals surface area contributed by atoms with Crippen molar-refractivity contribution in [2.75, 3.05) is 6.61 Å². The normalized spacial score (nSPS) is 11.3. The molecule has 7 heteroatoms. The van der Waals surface area contributed by atoms with E-state index in [-0.39, 0.29) is 11.6 Å². The van der Waals surface area contributed by atoms with E-state index in [0.29, 0.717) is 42.0 Å². The maximum Gasteiger partial charge on any atom is 0.387 e. The number of unbranched alkanes of at least 4 members (excludes halogenated alkanes) is 4. The molecule has 0 radical (unpaired) electrons. The van der Waals surface area contributed by atoms with E-state index in [1.54, 1.807) is 36.7 Å². The van der Waals surface area contributed by atoms with Crippen molar-refractivity contribution in [1.82, 2.24) is 9.97 Å². The largest absolute Gasteiger partial charge is 0.490 e. The van der Waals surface area contributed by atoms with Gasteiger partial charge in [0.1, 0.15) is 11.6 Å². The number of aryl methyl sites for hydroxylation is 2. The molecule has 0 aliphatic rings. The Hall–Kier alpha value is -3.61. The van der Waals surface area contributed by atoms with E-state index in [1.807, 2.05) is 18.2 Å². The van der Waals surface area contributed by atoms with Gasteiger partial charge in [-0.3, -0.25) is 0 Å². The number of halogens is 3. The van der Waals surface area contributed by atoms with Crippen LogP contribution in [0.5, 0.6) is 11.5 Å². The van der Waals surface area contributed by atoms with Crippen LogP contribution in [0.1, 0.15) is 50.2 Å². The topological polar surface area (TPSA) is 44.2 Å². The quantitative estimate of drug-likeness (QED) is 0.171. The van der Waals surface area contributed by atoms with Gasteiger partial charge < -0.3 is 9.47 Å². The number of nitrogens with zero attached hydrogens (tertiary/aromatic N) is 2. The van der Waals surface area contributed by atoms with E-state index in [1.165, 1.54) is 31.4 Å². The van der Waals surface area contributed by atoms with Crippen LogP contribution in [0.3, 0.4) is 0 Å². The SMILES string of the molecule is CCCCCCCOc1cnc(-c2ccc3c(F)c(CCc4ccc(OC(F)F)cc4)ccc3c2)nc1.